The van der Waals surface area contributed by atoms with Gasteiger partial charge in [0, 0.05) is 17.7 Å². The van der Waals surface area contributed by atoms with Crippen molar-refractivity contribution in [3.05, 3.63) is 35.4 Å². The van der Waals surface area contributed by atoms with E-state index >= 15 is 0 Å². The van der Waals surface area contributed by atoms with E-state index in [0.717, 1.165) is 6.29 Å². The lowest BCUT2D eigenvalue weighted by atomic mass is 10.1. The predicted molar refractivity (Wildman–Crippen MR) is 57.2 cm³/mol. The van der Waals surface area contributed by atoms with Gasteiger partial charge >= 0.3 is 0 Å². The summed E-state index contributed by atoms with van der Waals surface area (Å²) in [4.78, 5) is 23.8. The molecule has 1 atom stereocenters. The topological polar surface area (TPSA) is 37.4 Å². The summed E-state index contributed by atoms with van der Waals surface area (Å²) in [5.41, 5.74) is 1.03. The zero-order valence-electron chi connectivity index (χ0n) is 8.73. The Morgan fingerprint density at radius 3 is 2.56 bits per heavy atom. The highest BCUT2D eigenvalue weighted by molar-refractivity contribution is 5.95. The first-order valence-corrected chi connectivity index (χ1v) is 5.19. The van der Waals surface area contributed by atoms with E-state index in [1.807, 2.05) is 0 Å². The first-order valence-electron chi connectivity index (χ1n) is 5.19. The predicted octanol–water partition coefficient (Wildman–Crippen LogP) is 1.68. The number of benzene rings is 1. The summed E-state index contributed by atoms with van der Waals surface area (Å²) in [6.07, 6.45) is 0.234. The molecule has 0 bridgehead atoms. The van der Waals surface area contributed by atoms with Crippen LogP contribution in [0.5, 0.6) is 0 Å². The number of carbonyl (C=O) groups excluding carboxylic acids is 2. The molecular formula is C12H12FNO2. The van der Waals surface area contributed by atoms with Gasteiger partial charge in [-0.25, -0.2) is 4.39 Å². The van der Waals surface area contributed by atoms with Crippen LogP contribution in [-0.2, 0) is 0 Å². The first-order chi connectivity index (χ1) is 7.70. The summed E-state index contributed by atoms with van der Waals surface area (Å²) < 4.78 is 12.9. The van der Waals surface area contributed by atoms with Crippen molar-refractivity contribution in [3.63, 3.8) is 0 Å². The van der Waals surface area contributed by atoms with Crippen LogP contribution in [0, 0.1) is 0 Å². The van der Waals surface area contributed by atoms with Crippen LogP contribution in [0.15, 0.2) is 24.3 Å². The molecule has 0 aliphatic carbocycles. The molecule has 16 heavy (non-hydrogen) atoms. The third-order valence-corrected chi connectivity index (χ3v) is 2.71. The van der Waals surface area contributed by atoms with Gasteiger partial charge in [-0.1, -0.05) is 12.1 Å². The minimum atomic E-state index is -0.904. The Hall–Kier alpha value is -1.71. The highest BCUT2D eigenvalue weighted by Gasteiger charge is 2.26. The number of amides is 1. The van der Waals surface area contributed by atoms with E-state index in [0.29, 0.717) is 24.1 Å². The van der Waals surface area contributed by atoms with Gasteiger partial charge in [0.25, 0.3) is 5.91 Å². The van der Waals surface area contributed by atoms with Crippen molar-refractivity contribution in [2.45, 2.75) is 12.6 Å². The maximum atomic E-state index is 12.9. The van der Waals surface area contributed by atoms with Crippen LogP contribution in [0.3, 0.4) is 0 Å². The standard InChI is InChI=1S/C12H12FNO2/c13-11-5-6-14(7-11)12(16)10-3-1-9(8-15)2-4-10/h1-4,8,11H,5-7H2/t11-/m0/s1. The van der Waals surface area contributed by atoms with Gasteiger partial charge in [0.2, 0.25) is 0 Å². The van der Waals surface area contributed by atoms with Gasteiger partial charge in [-0.2, -0.15) is 0 Å². The third-order valence-electron chi connectivity index (χ3n) is 2.71. The van der Waals surface area contributed by atoms with Crippen molar-refractivity contribution in [3.8, 4) is 0 Å². The number of carbonyl (C=O) groups is 2. The lowest BCUT2D eigenvalue weighted by Gasteiger charge is -2.14. The van der Waals surface area contributed by atoms with Gasteiger partial charge in [0.15, 0.2) is 0 Å². The molecule has 0 saturated carbocycles. The summed E-state index contributed by atoms with van der Waals surface area (Å²) in [5.74, 6) is -0.169. The van der Waals surface area contributed by atoms with E-state index in [1.165, 1.54) is 4.90 Å². The fourth-order valence-electron chi connectivity index (χ4n) is 1.79. The van der Waals surface area contributed by atoms with Crippen molar-refractivity contribution < 1.29 is 14.0 Å². The van der Waals surface area contributed by atoms with Crippen LogP contribution >= 0.6 is 0 Å². The van der Waals surface area contributed by atoms with E-state index in [1.54, 1.807) is 24.3 Å². The molecule has 0 unspecified atom stereocenters. The summed E-state index contributed by atoms with van der Waals surface area (Å²) in [7, 11) is 0. The number of hydrogen-bond donors (Lipinski definition) is 0. The largest absolute Gasteiger partial charge is 0.336 e. The van der Waals surface area contributed by atoms with Gasteiger partial charge in [-0.15, -0.1) is 0 Å². The van der Waals surface area contributed by atoms with Crippen molar-refractivity contribution in [1.29, 1.82) is 0 Å². The molecule has 0 radical (unpaired) electrons. The quantitative estimate of drug-likeness (QED) is 0.712. The van der Waals surface area contributed by atoms with E-state index < -0.39 is 6.17 Å². The zero-order valence-corrected chi connectivity index (χ0v) is 8.73. The van der Waals surface area contributed by atoms with Crippen molar-refractivity contribution >= 4 is 12.2 Å². The Kier molecular flexibility index (Phi) is 2.99. The zero-order chi connectivity index (χ0) is 11.5. The highest BCUT2D eigenvalue weighted by Crippen LogP contribution is 2.15. The second-order valence-electron chi connectivity index (χ2n) is 3.88. The van der Waals surface area contributed by atoms with Gasteiger partial charge < -0.3 is 4.90 Å². The smallest absolute Gasteiger partial charge is 0.253 e. The fourth-order valence-corrected chi connectivity index (χ4v) is 1.79. The molecule has 0 N–H and O–H groups in total. The van der Waals surface area contributed by atoms with Gasteiger partial charge in [0.05, 0.1) is 6.54 Å². The lowest BCUT2D eigenvalue weighted by molar-refractivity contribution is 0.0782. The second-order valence-corrected chi connectivity index (χ2v) is 3.88. The molecule has 0 aromatic heterocycles. The van der Waals surface area contributed by atoms with Gasteiger partial charge in [-0.3, -0.25) is 9.59 Å². The number of hydrogen-bond acceptors (Lipinski definition) is 2. The molecule has 1 aromatic rings. The molecular weight excluding hydrogens is 209 g/mol. The Balaban J connectivity index is 2.11. The molecule has 2 rings (SSSR count). The molecule has 3 nitrogen and oxygen atoms in total. The molecule has 1 aliphatic rings. The minimum absolute atomic E-state index is 0.169. The highest BCUT2D eigenvalue weighted by atomic mass is 19.1. The average molecular weight is 221 g/mol. The van der Waals surface area contributed by atoms with Crippen LogP contribution < -0.4 is 0 Å². The summed E-state index contributed by atoms with van der Waals surface area (Å²) in [6.45, 7) is 0.643. The fraction of sp³-hybridized carbons (Fsp3) is 0.333. The normalized spacial score (nSPS) is 19.8. The Morgan fingerprint density at radius 1 is 1.38 bits per heavy atom. The number of nitrogens with zero attached hydrogens (tertiary/aromatic N) is 1. The van der Waals surface area contributed by atoms with Crippen molar-refractivity contribution in [1.82, 2.24) is 4.90 Å². The Bertz CT molecular complexity index is 402. The number of alkyl halides is 1. The number of rotatable bonds is 2. The first kappa shape index (κ1) is 10.8. The van der Waals surface area contributed by atoms with E-state index in [4.69, 9.17) is 0 Å². The summed E-state index contributed by atoms with van der Waals surface area (Å²) >= 11 is 0. The summed E-state index contributed by atoms with van der Waals surface area (Å²) in [5, 5.41) is 0. The monoisotopic (exact) mass is 221 g/mol. The Morgan fingerprint density at radius 2 is 2.06 bits per heavy atom. The van der Waals surface area contributed by atoms with Crippen LogP contribution in [0.4, 0.5) is 4.39 Å². The van der Waals surface area contributed by atoms with Crippen LogP contribution in [0.1, 0.15) is 27.1 Å². The molecule has 84 valence electrons. The number of likely N-dealkylation sites (tertiary alicyclic amines) is 1. The second kappa shape index (κ2) is 4.43. The molecule has 1 heterocycles. The molecule has 1 saturated heterocycles. The molecule has 0 spiro atoms. The minimum Gasteiger partial charge on any atom is -0.336 e. The molecule has 1 aromatic carbocycles. The molecule has 1 amide bonds. The molecule has 1 fully saturated rings. The molecule has 4 heteroatoms. The Labute approximate surface area is 92.9 Å². The van der Waals surface area contributed by atoms with Crippen molar-refractivity contribution in [2.24, 2.45) is 0 Å². The SMILES string of the molecule is O=Cc1ccc(C(=O)N2CC[C@H](F)C2)cc1. The third kappa shape index (κ3) is 2.10. The summed E-state index contributed by atoms with van der Waals surface area (Å²) in [6, 6.07) is 6.36. The van der Waals surface area contributed by atoms with Crippen molar-refractivity contribution in [2.75, 3.05) is 13.1 Å². The van der Waals surface area contributed by atoms with Crippen LogP contribution in [0.25, 0.3) is 0 Å². The van der Waals surface area contributed by atoms with Gasteiger partial charge in [0.1, 0.15) is 12.5 Å². The van der Waals surface area contributed by atoms with Gasteiger partial charge in [-0.05, 0) is 18.6 Å². The van der Waals surface area contributed by atoms with E-state index in [9.17, 15) is 14.0 Å². The van der Waals surface area contributed by atoms with E-state index in [-0.39, 0.29) is 12.5 Å². The van der Waals surface area contributed by atoms with E-state index in [2.05, 4.69) is 0 Å². The van der Waals surface area contributed by atoms with Crippen LogP contribution in [-0.4, -0.2) is 36.4 Å². The maximum Gasteiger partial charge on any atom is 0.253 e. The average Bonchev–Trinajstić information content (AvgIpc) is 2.75. The van der Waals surface area contributed by atoms with Crippen LogP contribution in [0.2, 0.25) is 0 Å². The number of halogens is 1. The number of aldehydes is 1. The molecule has 1 aliphatic heterocycles. The maximum absolute atomic E-state index is 12.9. The lowest BCUT2D eigenvalue weighted by Crippen LogP contribution is -2.28.